The zero-order valence-corrected chi connectivity index (χ0v) is 11.3. The second-order valence-corrected chi connectivity index (χ2v) is 4.58. The van der Waals surface area contributed by atoms with Gasteiger partial charge in [0.25, 0.3) is 0 Å². The molecule has 2 aromatic rings. The maximum atomic E-state index is 13.4. The summed E-state index contributed by atoms with van der Waals surface area (Å²) in [5.74, 6) is -0.611. The van der Waals surface area contributed by atoms with E-state index in [1.165, 1.54) is 18.2 Å². The van der Waals surface area contributed by atoms with E-state index >= 15 is 0 Å². The van der Waals surface area contributed by atoms with E-state index in [4.69, 9.17) is 27.9 Å². The normalized spacial score (nSPS) is 10.5. The van der Waals surface area contributed by atoms with E-state index in [0.29, 0.717) is 16.3 Å². The van der Waals surface area contributed by atoms with Crippen molar-refractivity contribution >= 4 is 23.2 Å². The van der Waals surface area contributed by atoms with Gasteiger partial charge in [-0.25, -0.2) is 8.78 Å². The Morgan fingerprint density at radius 3 is 2.37 bits per heavy atom. The van der Waals surface area contributed by atoms with Crippen LogP contribution in [-0.2, 0) is 12.5 Å². The number of benzene rings is 2. The third kappa shape index (κ3) is 3.37. The highest BCUT2D eigenvalue weighted by Crippen LogP contribution is 2.26. The third-order valence-electron chi connectivity index (χ3n) is 2.60. The number of ether oxygens (including phenoxy) is 1. The Labute approximate surface area is 119 Å². The van der Waals surface area contributed by atoms with E-state index in [9.17, 15) is 8.78 Å². The van der Waals surface area contributed by atoms with Gasteiger partial charge >= 0.3 is 0 Å². The molecule has 2 aromatic carbocycles. The van der Waals surface area contributed by atoms with Crippen LogP contribution in [0.1, 0.15) is 11.1 Å². The van der Waals surface area contributed by atoms with Gasteiger partial charge in [-0.05, 0) is 30.3 Å². The summed E-state index contributed by atoms with van der Waals surface area (Å²) in [5.41, 5.74) is 0.559. The fourth-order valence-electron chi connectivity index (χ4n) is 1.61. The summed E-state index contributed by atoms with van der Waals surface area (Å²) in [5, 5.41) is 0.528. The minimum Gasteiger partial charge on any atom is -0.488 e. The highest BCUT2D eigenvalue weighted by atomic mass is 35.5. The molecule has 0 saturated heterocycles. The number of hydrogen-bond donors (Lipinski definition) is 0. The average Bonchev–Trinajstić information content (AvgIpc) is 2.39. The molecule has 0 heterocycles. The molecule has 1 nitrogen and oxygen atoms in total. The lowest BCUT2D eigenvalue weighted by Crippen LogP contribution is -2.03. The zero-order chi connectivity index (χ0) is 13.8. The van der Waals surface area contributed by atoms with Crippen LogP contribution in [0, 0.1) is 11.6 Å². The molecular weight excluding hydrogens is 293 g/mol. The highest BCUT2D eigenvalue weighted by molar-refractivity contribution is 6.30. The predicted octanol–water partition coefficient (Wildman–Crippen LogP) is 4.94. The lowest BCUT2D eigenvalue weighted by molar-refractivity contribution is 0.290. The van der Waals surface area contributed by atoms with Crippen molar-refractivity contribution in [2.24, 2.45) is 0 Å². The third-order valence-corrected chi connectivity index (χ3v) is 3.12. The first kappa shape index (κ1) is 14.1. The fraction of sp³-hybridized carbons (Fsp3) is 0.143. The highest BCUT2D eigenvalue weighted by Gasteiger charge is 2.10. The first-order chi connectivity index (χ1) is 9.11. The van der Waals surface area contributed by atoms with E-state index in [0.717, 1.165) is 0 Å². The molecule has 100 valence electrons. The van der Waals surface area contributed by atoms with Crippen molar-refractivity contribution in [3.63, 3.8) is 0 Å². The monoisotopic (exact) mass is 302 g/mol. The van der Waals surface area contributed by atoms with Gasteiger partial charge in [0.15, 0.2) is 0 Å². The number of rotatable bonds is 4. The predicted molar refractivity (Wildman–Crippen MR) is 71.7 cm³/mol. The minimum absolute atomic E-state index is 0.113. The van der Waals surface area contributed by atoms with Gasteiger partial charge < -0.3 is 4.74 Å². The molecule has 0 aliphatic heterocycles. The molecule has 0 N–H and O–H groups in total. The molecule has 0 bridgehead atoms. The Hall–Kier alpha value is -1.32. The molecule has 2 rings (SSSR count). The van der Waals surface area contributed by atoms with E-state index in [2.05, 4.69) is 0 Å². The molecular formula is C14H10Cl2F2O. The van der Waals surface area contributed by atoms with E-state index in [-0.39, 0.29) is 18.1 Å². The zero-order valence-electron chi connectivity index (χ0n) is 9.80. The maximum Gasteiger partial charge on any atom is 0.132 e. The largest absolute Gasteiger partial charge is 0.488 e. The molecule has 0 spiro atoms. The quantitative estimate of drug-likeness (QED) is 0.727. The summed E-state index contributed by atoms with van der Waals surface area (Å²) in [6, 6.07) is 8.59. The smallest absolute Gasteiger partial charge is 0.132 e. The summed E-state index contributed by atoms with van der Waals surface area (Å²) in [6.45, 7) is -0.204. The maximum absolute atomic E-state index is 13.4. The van der Waals surface area contributed by atoms with Crippen LogP contribution >= 0.6 is 23.2 Å². The Balaban J connectivity index is 2.19. The Kier molecular flexibility index (Phi) is 4.61. The van der Waals surface area contributed by atoms with Crippen molar-refractivity contribution in [3.05, 3.63) is 64.2 Å². The number of halogens is 4. The van der Waals surface area contributed by atoms with Gasteiger partial charge in [-0.2, -0.15) is 0 Å². The van der Waals surface area contributed by atoms with E-state index in [1.807, 2.05) is 0 Å². The summed E-state index contributed by atoms with van der Waals surface area (Å²) in [6.07, 6.45) is 0. The Morgan fingerprint density at radius 1 is 1.05 bits per heavy atom. The van der Waals surface area contributed by atoms with Crippen LogP contribution in [0.5, 0.6) is 5.75 Å². The Bertz CT molecular complexity index is 567. The van der Waals surface area contributed by atoms with E-state index < -0.39 is 11.6 Å². The van der Waals surface area contributed by atoms with Crippen LogP contribution in [-0.4, -0.2) is 0 Å². The first-order valence-electron chi connectivity index (χ1n) is 5.52. The molecule has 0 unspecified atom stereocenters. The molecule has 0 aliphatic rings. The standard InChI is InChI=1S/C14H10Cl2F2O/c15-7-9-6-10(16)4-5-14(9)19-8-11-12(17)2-1-3-13(11)18/h1-6H,7-8H2. The van der Waals surface area contributed by atoms with Crippen LogP contribution in [0.4, 0.5) is 8.78 Å². The SMILES string of the molecule is Fc1cccc(F)c1COc1ccc(Cl)cc1CCl. The molecule has 0 saturated carbocycles. The van der Waals surface area contributed by atoms with Crippen LogP contribution in [0.3, 0.4) is 0 Å². The van der Waals surface area contributed by atoms with Crippen molar-refractivity contribution in [1.29, 1.82) is 0 Å². The number of alkyl halides is 1. The van der Waals surface area contributed by atoms with Gasteiger partial charge in [-0.15, -0.1) is 11.6 Å². The second kappa shape index (κ2) is 6.22. The summed E-state index contributed by atoms with van der Waals surface area (Å²) < 4.78 is 32.3. The van der Waals surface area contributed by atoms with Crippen molar-refractivity contribution < 1.29 is 13.5 Å². The van der Waals surface area contributed by atoms with Crippen LogP contribution in [0.25, 0.3) is 0 Å². The van der Waals surface area contributed by atoms with Gasteiger partial charge in [0.2, 0.25) is 0 Å². The van der Waals surface area contributed by atoms with Gasteiger partial charge in [-0.1, -0.05) is 17.7 Å². The van der Waals surface area contributed by atoms with Gasteiger partial charge in [0, 0.05) is 10.6 Å². The van der Waals surface area contributed by atoms with Crippen LogP contribution in [0.15, 0.2) is 36.4 Å². The van der Waals surface area contributed by atoms with E-state index in [1.54, 1.807) is 18.2 Å². The van der Waals surface area contributed by atoms with Crippen LogP contribution < -0.4 is 4.74 Å². The van der Waals surface area contributed by atoms with Gasteiger partial charge in [0.05, 0.1) is 11.4 Å². The first-order valence-corrected chi connectivity index (χ1v) is 6.43. The topological polar surface area (TPSA) is 9.23 Å². The molecule has 0 radical (unpaired) electrons. The fourth-order valence-corrected chi connectivity index (χ4v) is 2.02. The average molecular weight is 303 g/mol. The summed E-state index contributed by atoms with van der Waals surface area (Å²) >= 11 is 11.6. The van der Waals surface area contributed by atoms with Crippen molar-refractivity contribution in [2.45, 2.75) is 12.5 Å². The summed E-state index contributed by atoms with van der Waals surface area (Å²) in [7, 11) is 0. The molecule has 0 aliphatic carbocycles. The lowest BCUT2D eigenvalue weighted by atomic mass is 10.2. The molecule has 0 aromatic heterocycles. The van der Waals surface area contributed by atoms with Gasteiger partial charge in [0.1, 0.15) is 24.0 Å². The minimum atomic E-state index is -0.638. The van der Waals surface area contributed by atoms with Crippen molar-refractivity contribution in [2.75, 3.05) is 0 Å². The van der Waals surface area contributed by atoms with Gasteiger partial charge in [-0.3, -0.25) is 0 Å². The molecule has 0 atom stereocenters. The molecule has 0 fully saturated rings. The number of hydrogen-bond acceptors (Lipinski definition) is 1. The lowest BCUT2D eigenvalue weighted by Gasteiger charge is -2.11. The van der Waals surface area contributed by atoms with Crippen LogP contribution in [0.2, 0.25) is 5.02 Å². The second-order valence-electron chi connectivity index (χ2n) is 3.87. The summed E-state index contributed by atoms with van der Waals surface area (Å²) in [4.78, 5) is 0. The molecule has 0 amide bonds. The van der Waals surface area contributed by atoms with Crippen molar-refractivity contribution in [3.8, 4) is 5.75 Å². The van der Waals surface area contributed by atoms with Crippen molar-refractivity contribution in [1.82, 2.24) is 0 Å². The molecule has 19 heavy (non-hydrogen) atoms. The Morgan fingerprint density at radius 2 is 1.74 bits per heavy atom. The molecule has 5 heteroatoms.